The van der Waals surface area contributed by atoms with Crippen LogP contribution in [-0.4, -0.2) is 84.2 Å². The van der Waals surface area contributed by atoms with E-state index in [4.69, 9.17) is 19.2 Å². The van der Waals surface area contributed by atoms with Gasteiger partial charge in [0.05, 0.1) is 18.8 Å². The Kier molecular flexibility index (Phi) is 10.2. The standard InChI is InChI=1S/C36H45F2N5O5S/c1-20-13-29(49-6)28(35(45)41-20)16-40-34(44)26-14-27(24-7-8-31(39-15-24)43-17-21(2)46-22(3)18-43)33-32(23(26)4)47-36(5,48-33)25-9-11-42(12-10-25)19-30(37)38/h7-8,13-15,21-22,25,30H,9-12,16-19H2,1-6H3,(H,40,44)(H,41,45)/t21-,22+,36-/m1/s1. The maximum Gasteiger partial charge on any atom is 0.254 e. The summed E-state index contributed by atoms with van der Waals surface area (Å²) in [5.74, 6) is 0.365. The zero-order valence-electron chi connectivity index (χ0n) is 28.9. The molecule has 2 fully saturated rings. The highest BCUT2D eigenvalue weighted by Crippen LogP contribution is 2.52. The Hall–Kier alpha value is -3.68. The van der Waals surface area contributed by atoms with Gasteiger partial charge in [0.2, 0.25) is 0 Å². The van der Waals surface area contributed by atoms with Gasteiger partial charge >= 0.3 is 0 Å². The Balaban J connectivity index is 1.32. The molecule has 13 heteroatoms. The van der Waals surface area contributed by atoms with Crippen LogP contribution in [0.3, 0.4) is 0 Å². The predicted octanol–water partition coefficient (Wildman–Crippen LogP) is 5.78. The SMILES string of the molecule is CSc1cc(C)[nH]c(=O)c1CNC(=O)c1cc(-c2ccc(N3C[C@@H](C)O[C@@H](C)C3)nc2)c2c(c1C)O[C@@](C)(C1CCN(CC(F)F)CC1)O2. The maximum absolute atomic E-state index is 13.9. The quantitative estimate of drug-likeness (QED) is 0.269. The van der Waals surface area contributed by atoms with E-state index in [1.165, 1.54) is 11.8 Å². The zero-order chi connectivity index (χ0) is 35.0. The number of nitrogens with zero attached hydrogens (tertiary/aromatic N) is 3. The average molecular weight is 698 g/mol. The van der Waals surface area contributed by atoms with Crippen LogP contribution in [-0.2, 0) is 11.3 Å². The molecule has 3 atom stereocenters. The third kappa shape index (κ3) is 7.44. The van der Waals surface area contributed by atoms with Crippen LogP contribution in [0.25, 0.3) is 11.1 Å². The Morgan fingerprint density at radius 2 is 1.82 bits per heavy atom. The van der Waals surface area contributed by atoms with E-state index in [1.807, 2.05) is 59.1 Å². The van der Waals surface area contributed by atoms with Crippen molar-refractivity contribution in [2.45, 2.75) is 83.3 Å². The van der Waals surface area contributed by atoms with Crippen molar-refractivity contribution in [3.63, 3.8) is 0 Å². The summed E-state index contributed by atoms with van der Waals surface area (Å²) in [4.78, 5) is 39.1. The van der Waals surface area contributed by atoms with Gasteiger partial charge < -0.3 is 29.4 Å². The van der Waals surface area contributed by atoms with Crippen molar-refractivity contribution in [3.8, 4) is 22.6 Å². The average Bonchev–Trinajstić information content (AvgIpc) is 3.43. The van der Waals surface area contributed by atoms with Gasteiger partial charge in [0.1, 0.15) is 5.82 Å². The number of amides is 1. The smallest absolute Gasteiger partial charge is 0.254 e. The number of ether oxygens (including phenoxy) is 3. The number of morpholine rings is 1. The number of aromatic nitrogens is 2. The second-order valence-corrected chi connectivity index (χ2v) is 14.4. The van der Waals surface area contributed by atoms with Crippen molar-refractivity contribution in [3.05, 3.63) is 63.2 Å². The number of halogens is 2. The number of pyridine rings is 2. The molecular weight excluding hydrogens is 652 g/mol. The van der Waals surface area contributed by atoms with E-state index in [0.717, 1.165) is 35.1 Å². The second kappa shape index (κ2) is 14.3. The molecule has 6 rings (SSSR count). The molecule has 2 aromatic heterocycles. The monoisotopic (exact) mass is 697 g/mol. The first kappa shape index (κ1) is 35.2. The first-order valence-corrected chi connectivity index (χ1v) is 18.1. The highest BCUT2D eigenvalue weighted by molar-refractivity contribution is 7.98. The maximum atomic E-state index is 13.9. The molecule has 0 saturated carbocycles. The third-order valence-electron chi connectivity index (χ3n) is 9.74. The van der Waals surface area contributed by atoms with Gasteiger partial charge in [0, 0.05) is 77.1 Å². The van der Waals surface area contributed by atoms with E-state index in [-0.39, 0.29) is 42.7 Å². The Bertz CT molecular complexity index is 1740. The number of alkyl halides is 2. The molecule has 3 aliphatic heterocycles. The summed E-state index contributed by atoms with van der Waals surface area (Å²) in [7, 11) is 0. The Morgan fingerprint density at radius 3 is 2.45 bits per heavy atom. The van der Waals surface area contributed by atoms with E-state index in [9.17, 15) is 18.4 Å². The molecule has 5 heterocycles. The molecule has 3 aliphatic rings. The van der Waals surface area contributed by atoms with Crippen molar-refractivity contribution >= 4 is 23.5 Å². The number of piperidine rings is 1. The lowest BCUT2D eigenvalue weighted by molar-refractivity contribution is -0.126. The van der Waals surface area contributed by atoms with Gasteiger partial charge in [-0.05, 0) is 84.1 Å². The topological polar surface area (TPSA) is 109 Å². The van der Waals surface area contributed by atoms with E-state index in [1.54, 1.807) is 17.2 Å². The summed E-state index contributed by atoms with van der Waals surface area (Å²) >= 11 is 1.45. The number of likely N-dealkylation sites (tertiary alicyclic amines) is 1. The number of hydrogen-bond acceptors (Lipinski definition) is 9. The molecule has 0 unspecified atom stereocenters. The molecule has 0 aliphatic carbocycles. The fourth-order valence-corrected chi connectivity index (χ4v) is 7.94. The molecule has 0 radical (unpaired) electrons. The molecule has 2 saturated heterocycles. The zero-order valence-corrected chi connectivity index (χ0v) is 29.7. The minimum absolute atomic E-state index is 0.0510. The molecule has 3 aromatic rings. The number of aromatic amines is 1. The van der Waals surface area contributed by atoms with E-state index in [2.05, 4.69) is 15.2 Å². The number of hydrogen-bond donors (Lipinski definition) is 2. The summed E-state index contributed by atoms with van der Waals surface area (Å²) in [5, 5.41) is 2.96. The van der Waals surface area contributed by atoms with E-state index < -0.39 is 12.2 Å². The van der Waals surface area contributed by atoms with Crippen LogP contribution in [0.15, 0.2) is 40.2 Å². The fraction of sp³-hybridized carbons (Fsp3) is 0.528. The Labute approximate surface area is 289 Å². The number of nitrogens with one attached hydrogen (secondary N) is 2. The normalized spacial score (nSPS) is 22.9. The molecular formula is C36H45F2N5O5S. The third-order valence-corrected chi connectivity index (χ3v) is 10.5. The summed E-state index contributed by atoms with van der Waals surface area (Å²) in [6, 6.07) is 7.63. The van der Waals surface area contributed by atoms with Crippen LogP contribution in [0.5, 0.6) is 11.5 Å². The molecule has 1 amide bonds. The highest BCUT2D eigenvalue weighted by Gasteiger charge is 2.47. The van der Waals surface area contributed by atoms with Crippen LogP contribution >= 0.6 is 11.8 Å². The minimum atomic E-state index is -2.38. The fourth-order valence-electron chi connectivity index (χ4n) is 7.23. The number of aryl methyl sites for hydroxylation is 1. The first-order chi connectivity index (χ1) is 23.3. The highest BCUT2D eigenvalue weighted by atomic mass is 32.2. The van der Waals surface area contributed by atoms with Crippen molar-refractivity contribution < 1.29 is 27.8 Å². The van der Waals surface area contributed by atoms with Crippen LogP contribution in [0.4, 0.5) is 14.6 Å². The first-order valence-electron chi connectivity index (χ1n) is 16.8. The number of carbonyl (C=O) groups is 1. The lowest BCUT2D eigenvalue weighted by atomic mass is 9.89. The van der Waals surface area contributed by atoms with Crippen LogP contribution in [0, 0.1) is 19.8 Å². The number of benzene rings is 1. The van der Waals surface area contributed by atoms with Crippen LogP contribution in [0.1, 0.15) is 60.8 Å². The van der Waals surface area contributed by atoms with Gasteiger partial charge in [-0.3, -0.25) is 14.5 Å². The molecule has 0 spiro atoms. The van der Waals surface area contributed by atoms with Crippen LogP contribution < -0.4 is 25.2 Å². The van der Waals surface area contributed by atoms with E-state index >= 15 is 0 Å². The second-order valence-electron chi connectivity index (χ2n) is 13.5. The summed E-state index contributed by atoms with van der Waals surface area (Å²) in [6.07, 6.45) is 2.73. The van der Waals surface area contributed by atoms with Crippen LogP contribution in [0.2, 0.25) is 0 Å². The number of rotatable bonds is 9. The molecule has 264 valence electrons. The van der Waals surface area contributed by atoms with Crippen molar-refractivity contribution in [1.29, 1.82) is 0 Å². The number of anilines is 1. The number of H-pyrrole nitrogens is 1. The van der Waals surface area contributed by atoms with Gasteiger partial charge in [-0.2, -0.15) is 0 Å². The molecule has 49 heavy (non-hydrogen) atoms. The minimum Gasteiger partial charge on any atom is -0.448 e. The van der Waals surface area contributed by atoms with Gasteiger partial charge in [0.15, 0.2) is 11.5 Å². The molecule has 2 N–H and O–H groups in total. The van der Waals surface area contributed by atoms with E-state index in [0.29, 0.717) is 59.7 Å². The van der Waals surface area contributed by atoms with Gasteiger partial charge in [-0.15, -0.1) is 11.8 Å². The van der Waals surface area contributed by atoms with Gasteiger partial charge in [-0.25, -0.2) is 13.8 Å². The number of carbonyl (C=O) groups excluding carboxylic acids is 1. The summed E-state index contributed by atoms with van der Waals surface area (Å²) in [6.45, 7) is 11.9. The number of thioether (sulfide) groups is 1. The van der Waals surface area contributed by atoms with Crippen molar-refractivity contribution in [2.24, 2.45) is 5.92 Å². The predicted molar refractivity (Wildman–Crippen MR) is 186 cm³/mol. The molecule has 1 aromatic carbocycles. The Morgan fingerprint density at radius 1 is 1.12 bits per heavy atom. The molecule has 10 nitrogen and oxygen atoms in total. The van der Waals surface area contributed by atoms with Crippen molar-refractivity contribution in [2.75, 3.05) is 43.9 Å². The number of fused-ring (bicyclic) bond motifs is 1. The van der Waals surface area contributed by atoms with Gasteiger partial charge in [-0.1, -0.05) is 0 Å². The summed E-state index contributed by atoms with van der Waals surface area (Å²) < 4.78 is 45.3. The van der Waals surface area contributed by atoms with Crippen molar-refractivity contribution in [1.82, 2.24) is 20.2 Å². The summed E-state index contributed by atoms with van der Waals surface area (Å²) in [5.41, 5.74) is 3.41. The largest absolute Gasteiger partial charge is 0.448 e. The lowest BCUT2D eigenvalue weighted by Crippen LogP contribution is -2.49. The van der Waals surface area contributed by atoms with Gasteiger partial charge in [0.25, 0.3) is 23.7 Å². The lowest BCUT2D eigenvalue weighted by Gasteiger charge is -2.38. The molecule has 0 bridgehead atoms.